The second-order valence-electron chi connectivity index (χ2n) is 5.00. The van der Waals surface area contributed by atoms with Crippen LogP contribution in [-0.4, -0.2) is 44.2 Å². The van der Waals surface area contributed by atoms with E-state index in [4.69, 9.17) is 5.73 Å². The lowest BCUT2D eigenvalue weighted by atomic mass is 10.1. The summed E-state index contributed by atoms with van der Waals surface area (Å²) in [5.41, 5.74) is 8.47. The minimum Gasteiger partial charge on any atom is -0.369 e. The second kappa shape index (κ2) is 6.76. The number of benzene rings is 1. The fourth-order valence-corrected chi connectivity index (χ4v) is 2.71. The Kier molecular flexibility index (Phi) is 5.02. The second-order valence-corrected chi connectivity index (χ2v) is 5.00. The predicted octanol–water partition coefficient (Wildman–Crippen LogP) is 1.72. The van der Waals surface area contributed by atoms with Crippen molar-refractivity contribution in [1.29, 1.82) is 0 Å². The van der Waals surface area contributed by atoms with Crippen LogP contribution in [0.3, 0.4) is 0 Å². The topological polar surface area (TPSA) is 32.5 Å². The molecule has 0 bridgehead atoms. The molecule has 1 aliphatic rings. The summed E-state index contributed by atoms with van der Waals surface area (Å²) in [6, 6.07) is 8.69. The molecule has 1 heterocycles. The molecule has 1 saturated heterocycles. The van der Waals surface area contributed by atoms with Gasteiger partial charge < -0.3 is 10.6 Å². The molecule has 1 aromatic carbocycles. The molecular weight excluding hydrogens is 222 g/mol. The molecule has 100 valence electrons. The van der Waals surface area contributed by atoms with Crippen LogP contribution in [-0.2, 0) is 6.42 Å². The maximum atomic E-state index is 5.69. The Morgan fingerprint density at radius 2 is 1.83 bits per heavy atom. The summed E-state index contributed by atoms with van der Waals surface area (Å²) in [5, 5.41) is 0. The Morgan fingerprint density at radius 3 is 2.50 bits per heavy atom. The van der Waals surface area contributed by atoms with Crippen molar-refractivity contribution in [2.75, 3.05) is 44.2 Å². The van der Waals surface area contributed by atoms with Gasteiger partial charge in [0.1, 0.15) is 0 Å². The monoisotopic (exact) mass is 247 g/mol. The number of hydrogen-bond acceptors (Lipinski definition) is 3. The zero-order chi connectivity index (χ0) is 12.8. The van der Waals surface area contributed by atoms with Crippen LogP contribution in [0.5, 0.6) is 0 Å². The number of piperazine rings is 1. The van der Waals surface area contributed by atoms with Crippen LogP contribution in [0.25, 0.3) is 0 Å². The van der Waals surface area contributed by atoms with Crippen molar-refractivity contribution in [1.82, 2.24) is 4.90 Å². The first kappa shape index (κ1) is 13.4. The maximum Gasteiger partial charge on any atom is 0.0400 e. The Labute approximate surface area is 111 Å². The van der Waals surface area contributed by atoms with Gasteiger partial charge in [-0.05, 0) is 37.6 Å². The molecule has 0 spiro atoms. The highest BCUT2D eigenvalue weighted by atomic mass is 15.3. The number of nitrogens with two attached hydrogens (primary N) is 1. The fraction of sp³-hybridized carbons (Fsp3) is 0.600. The highest BCUT2D eigenvalue weighted by Crippen LogP contribution is 2.22. The summed E-state index contributed by atoms with van der Waals surface area (Å²) in [7, 11) is 0. The average Bonchev–Trinajstić information content (AvgIpc) is 2.41. The van der Waals surface area contributed by atoms with Gasteiger partial charge in [-0.15, -0.1) is 0 Å². The molecule has 0 aromatic heterocycles. The Morgan fingerprint density at radius 1 is 1.11 bits per heavy atom. The normalized spacial score (nSPS) is 17.1. The third kappa shape index (κ3) is 3.24. The molecule has 3 nitrogen and oxygen atoms in total. The Bertz CT molecular complexity index is 357. The number of rotatable bonds is 5. The van der Waals surface area contributed by atoms with E-state index in [1.54, 1.807) is 0 Å². The van der Waals surface area contributed by atoms with Crippen molar-refractivity contribution in [3.63, 3.8) is 0 Å². The van der Waals surface area contributed by atoms with Crippen LogP contribution in [0.15, 0.2) is 24.3 Å². The number of para-hydroxylation sites is 1. The molecule has 3 heteroatoms. The molecule has 1 aromatic rings. The molecule has 0 saturated carbocycles. The highest BCUT2D eigenvalue weighted by molar-refractivity contribution is 5.54. The van der Waals surface area contributed by atoms with Crippen LogP contribution in [0.1, 0.15) is 18.9 Å². The van der Waals surface area contributed by atoms with E-state index in [0.29, 0.717) is 0 Å². The minimum atomic E-state index is 0.729. The van der Waals surface area contributed by atoms with Gasteiger partial charge in [-0.25, -0.2) is 0 Å². The van der Waals surface area contributed by atoms with E-state index in [2.05, 4.69) is 41.0 Å². The van der Waals surface area contributed by atoms with E-state index in [0.717, 1.165) is 26.1 Å². The van der Waals surface area contributed by atoms with Gasteiger partial charge in [-0.3, -0.25) is 4.90 Å². The molecule has 2 N–H and O–H groups in total. The smallest absolute Gasteiger partial charge is 0.0400 e. The minimum absolute atomic E-state index is 0.729. The summed E-state index contributed by atoms with van der Waals surface area (Å²) in [6.45, 7) is 8.87. The third-order valence-corrected chi connectivity index (χ3v) is 3.66. The van der Waals surface area contributed by atoms with Gasteiger partial charge in [0.05, 0.1) is 0 Å². The molecule has 1 fully saturated rings. The lowest BCUT2D eigenvalue weighted by molar-refractivity contribution is 0.258. The molecule has 0 amide bonds. The number of nitrogens with zero attached hydrogens (tertiary/aromatic N) is 2. The molecular formula is C15H25N3. The summed E-state index contributed by atoms with van der Waals surface area (Å²) in [5.74, 6) is 0. The summed E-state index contributed by atoms with van der Waals surface area (Å²) in [4.78, 5) is 5.07. The van der Waals surface area contributed by atoms with E-state index in [9.17, 15) is 0 Å². The number of hydrogen-bond donors (Lipinski definition) is 1. The first-order chi connectivity index (χ1) is 8.85. The first-order valence-electron chi connectivity index (χ1n) is 7.10. The number of anilines is 1. The molecule has 2 rings (SSSR count). The average molecular weight is 247 g/mol. The van der Waals surface area contributed by atoms with Crippen molar-refractivity contribution in [3.05, 3.63) is 29.8 Å². The van der Waals surface area contributed by atoms with Gasteiger partial charge in [-0.1, -0.05) is 25.1 Å². The van der Waals surface area contributed by atoms with Crippen molar-refractivity contribution in [3.8, 4) is 0 Å². The summed E-state index contributed by atoms with van der Waals surface area (Å²) >= 11 is 0. The van der Waals surface area contributed by atoms with Crippen LogP contribution in [0, 0.1) is 0 Å². The van der Waals surface area contributed by atoms with Crippen molar-refractivity contribution >= 4 is 5.69 Å². The third-order valence-electron chi connectivity index (χ3n) is 3.66. The molecule has 0 atom stereocenters. The summed E-state index contributed by atoms with van der Waals surface area (Å²) < 4.78 is 0. The van der Waals surface area contributed by atoms with Crippen molar-refractivity contribution in [2.24, 2.45) is 5.73 Å². The van der Waals surface area contributed by atoms with Crippen LogP contribution < -0.4 is 10.6 Å². The maximum absolute atomic E-state index is 5.69. The fourth-order valence-electron chi connectivity index (χ4n) is 2.71. The predicted molar refractivity (Wildman–Crippen MR) is 78.1 cm³/mol. The summed E-state index contributed by atoms with van der Waals surface area (Å²) in [6.07, 6.45) is 2.23. The zero-order valence-corrected chi connectivity index (χ0v) is 11.4. The van der Waals surface area contributed by atoms with Gasteiger partial charge in [0.25, 0.3) is 0 Å². The van der Waals surface area contributed by atoms with Gasteiger partial charge in [0.2, 0.25) is 0 Å². The van der Waals surface area contributed by atoms with Gasteiger partial charge in [0, 0.05) is 31.9 Å². The van der Waals surface area contributed by atoms with Crippen LogP contribution in [0.4, 0.5) is 5.69 Å². The molecule has 0 unspecified atom stereocenters. The first-order valence-corrected chi connectivity index (χ1v) is 7.10. The van der Waals surface area contributed by atoms with Crippen LogP contribution >= 0.6 is 0 Å². The van der Waals surface area contributed by atoms with E-state index in [1.807, 2.05) is 0 Å². The van der Waals surface area contributed by atoms with Gasteiger partial charge >= 0.3 is 0 Å². The van der Waals surface area contributed by atoms with E-state index < -0.39 is 0 Å². The van der Waals surface area contributed by atoms with E-state index >= 15 is 0 Å². The lowest BCUT2D eigenvalue weighted by Gasteiger charge is -2.37. The Balaban J connectivity index is 2.00. The Hall–Kier alpha value is -1.06. The van der Waals surface area contributed by atoms with Crippen LogP contribution in [0.2, 0.25) is 0 Å². The van der Waals surface area contributed by atoms with Crippen molar-refractivity contribution in [2.45, 2.75) is 19.8 Å². The molecule has 0 radical (unpaired) electrons. The lowest BCUT2D eigenvalue weighted by Crippen LogP contribution is -2.46. The molecule has 1 aliphatic heterocycles. The molecule has 0 aliphatic carbocycles. The van der Waals surface area contributed by atoms with Gasteiger partial charge in [-0.2, -0.15) is 0 Å². The highest BCUT2D eigenvalue weighted by Gasteiger charge is 2.17. The van der Waals surface area contributed by atoms with E-state index in [-0.39, 0.29) is 0 Å². The zero-order valence-electron chi connectivity index (χ0n) is 11.4. The SMILES string of the molecule is CCCN1CCN(c2ccccc2CCN)CC1. The van der Waals surface area contributed by atoms with Crippen molar-refractivity contribution < 1.29 is 0 Å². The molecule has 18 heavy (non-hydrogen) atoms. The standard InChI is InChI=1S/C15H25N3/c1-2-9-17-10-12-18(13-11-17)15-6-4-3-5-14(15)7-8-16/h3-6H,2,7-13,16H2,1H3. The van der Waals surface area contributed by atoms with Gasteiger partial charge in [0.15, 0.2) is 0 Å². The van der Waals surface area contributed by atoms with E-state index in [1.165, 1.54) is 37.3 Å². The quantitative estimate of drug-likeness (QED) is 0.860. The largest absolute Gasteiger partial charge is 0.369 e.